The molecule has 0 atom stereocenters. The Kier molecular flexibility index (Phi) is 21.8. The molecule has 27 aromatic rings. The lowest BCUT2D eigenvalue weighted by atomic mass is 9.91. The van der Waals surface area contributed by atoms with E-state index in [2.05, 4.69) is 513 Å². The van der Waals surface area contributed by atoms with Crippen LogP contribution in [0.1, 0.15) is 22.3 Å². The van der Waals surface area contributed by atoms with Crippen LogP contribution in [0.5, 0.6) is 0 Å². The Morgan fingerprint density at radius 3 is 0.613 bits per heavy atom. The summed E-state index contributed by atoms with van der Waals surface area (Å²) in [5.41, 5.74) is 36.7. The molecule has 0 saturated carbocycles. The van der Waals surface area contributed by atoms with Crippen molar-refractivity contribution in [3.8, 4) is 134 Å². The summed E-state index contributed by atoms with van der Waals surface area (Å²) in [6, 6.07) is 173. The summed E-state index contributed by atoms with van der Waals surface area (Å²) < 4.78 is 0. The SMILES string of the molecule is Cc1ccc2ccccc2c1-c1cc(-c2ccccc2)c2ccc3c(-c4ccccc4)cc(-c4c(C)ccc5ccccc45)nc3c2n1.Cc1cccc2cccc(-c3cc(-c4ccccc4)c4ccc5c(-c6ccccc6)cc(-c6cccc7cccc(C)c67)nc5c4n3)c12.c1ccc(-c2cc(-c3cccc4ccccc34)nc3c2ccc2c(-c4ccccc4)cc(-c4cccc5ccccc45)nc23)cc1. The molecule has 21 aromatic carbocycles. The van der Waals surface area contributed by atoms with Gasteiger partial charge in [0.05, 0.1) is 67.3 Å². The van der Waals surface area contributed by atoms with E-state index in [4.69, 9.17) is 29.9 Å². The van der Waals surface area contributed by atoms with Gasteiger partial charge in [-0.25, -0.2) is 29.9 Å². The van der Waals surface area contributed by atoms with Crippen molar-refractivity contribution in [2.45, 2.75) is 27.7 Å². The highest BCUT2D eigenvalue weighted by Gasteiger charge is 2.26. The van der Waals surface area contributed by atoms with Crippen molar-refractivity contribution in [1.29, 1.82) is 0 Å². The van der Waals surface area contributed by atoms with Crippen molar-refractivity contribution < 1.29 is 0 Å². The van der Waals surface area contributed by atoms with Gasteiger partial charge in [0.2, 0.25) is 0 Å². The van der Waals surface area contributed by atoms with E-state index in [-0.39, 0.29) is 0 Å². The minimum absolute atomic E-state index is 0.904. The quantitative estimate of drug-likeness (QED) is 0.113. The van der Waals surface area contributed by atoms with Crippen LogP contribution < -0.4 is 0 Å². The van der Waals surface area contributed by atoms with E-state index in [1.165, 1.54) is 86.9 Å². The molecular weight excluding hydrogens is 1720 g/mol. The average Bonchev–Trinajstić information content (AvgIpc) is 0.739. The van der Waals surface area contributed by atoms with Crippen LogP contribution in [0.25, 0.3) is 264 Å². The average molecular weight is 1810 g/mol. The van der Waals surface area contributed by atoms with Gasteiger partial charge in [0.1, 0.15) is 0 Å². The first-order valence-electron chi connectivity index (χ1n) is 48.7. The van der Waals surface area contributed by atoms with Crippen LogP contribution in [0.15, 0.2) is 485 Å². The van der Waals surface area contributed by atoms with Gasteiger partial charge in [0, 0.05) is 65.7 Å². The monoisotopic (exact) mass is 1810 g/mol. The van der Waals surface area contributed by atoms with Crippen LogP contribution in [0.4, 0.5) is 0 Å². The standard InChI is InChI=1S/2C46H32N2.C44H28N2/c1-29-13-9-19-33-21-11-23-37(43(29)33)41-27-39(31-15-5-3-6-16-31)35-25-26-36-40(32-17-7-4-8-18-32)28-42(48-46(36)45(35)47-41)38-24-12-22-34-20-10-14-30(2)44(34)38;1-29-21-23-33-17-9-11-19-35(33)43(29)41-27-39(31-13-5-3-6-14-31)37-25-26-38-40(32-15-7-4-8-16-32)28-42(48-46(38)45(37)47-41)44-30(2)22-24-34-18-10-12-20-36(34)44;1-3-13-31(14-4-1)39-27-41(35-23-11-19-29-17-7-9-21-33(29)35)45-43-37(39)25-26-38-40(32-15-5-2-6-16-32)28-42(46-44(38)43)36-24-12-20-30-18-8-10-22-34(30)36/h2*3-28H,1-2H3;1-28H. The Morgan fingerprint density at radius 1 is 0.127 bits per heavy atom. The molecule has 27 rings (SSSR count). The lowest BCUT2D eigenvalue weighted by Gasteiger charge is -2.18. The zero-order chi connectivity index (χ0) is 94.8. The highest BCUT2D eigenvalue weighted by atomic mass is 14.8. The summed E-state index contributed by atoms with van der Waals surface area (Å²) in [6.07, 6.45) is 0. The maximum Gasteiger partial charge on any atom is 0.0978 e. The van der Waals surface area contributed by atoms with Crippen molar-refractivity contribution in [1.82, 2.24) is 29.9 Å². The van der Waals surface area contributed by atoms with E-state index in [0.717, 1.165) is 200 Å². The molecule has 0 N–H and O–H groups in total. The summed E-state index contributed by atoms with van der Waals surface area (Å²) in [5, 5.41) is 21.0. The lowest BCUT2D eigenvalue weighted by Crippen LogP contribution is -1.97. The predicted molar refractivity (Wildman–Crippen MR) is 600 cm³/mol. The highest BCUT2D eigenvalue weighted by Crippen LogP contribution is 2.49. The molecule has 0 radical (unpaired) electrons. The van der Waals surface area contributed by atoms with Gasteiger partial charge in [-0.3, -0.25) is 0 Å². The van der Waals surface area contributed by atoms with Gasteiger partial charge in [-0.15, -0.1) is 0 Å². The summed E-state index contributed by atoms with van der Waals surface area (Å²) in [6.45, 7) is 8.75. The number of rotatable bonds is 12. The molecule has 0 saturated heterocycles. The highest BCUT2D eigenvalue weighted by molar-refractivity contribution is 6.19. The summed E-state index contributed by atoms with van der Waals surface area (Å²) in [7, 11) is 0. The number of aromatic nitrogens is 6. The number of aryl methyl sites for hydroxylation is 4. The summed E-state index contributed by atoms with van der Waals surface area (Å²) in [5.74, 6) is 0. The largest absolute Gasteiger partial charge is 0.245 e. The minimum atomic E-state index is 0.904. The van der Waals surface area contributed by atoms with Crippen LogP contribution >= 0.6 is 0 Å². The van der Waals surface area contributed by atoms with E-state index in [1.54, 1.807) is 0 Å². The second kappa shape index (κ2) is 36.3. The molecule has 0 aliphatic heterocycles. The third-order valence-corrected chi connectivity index (χ3v) is 28.5. The number of nitrogens with zero attached hydrogens (tertiary/aromatic N) is 6. The Hall–Kier alpha value is -18.4. The number of pyridine rings is 6. The van der Waals surface area contributed by atoms with Crippen LogP contribution in [0, 0.1) is 27.7 Å². The second-order valence-corrected chi connectivity index (χ2v) is 37.1. The van der Waals surface area contributed by atoms with Gasteiger partial charge in [0.15, 0.2) is 0 Å². The molecule has 0 aliphatic rings. The maximum atomic E-state index is 5.56. The molecular formula is C136H92N6. The molecule has 0 spiro atoms. The molecule has 142 heavy (non-hydrogen) atoms. The van der Waals surface area contributed by atoms with Gasteiger partial charge >= 0.3 is 0 Å². The van der Waals surface area contributed by atoms with Crippen molar-refractivity contribution in [2.75, 3.05) is 0 Å². The Bertz CT molecular complexity index is 9110. The Morgan fingerprint density at radius 2 is 0.331 bits per heavy atom. The fourth-order valence-corrected chi connectivity index (χ4v) is 21.7. The van der Waals surface area contributed by atoms with Crippen molar-refractivity contribution >= 4 is 130 Å². The van der Waals surface area contributed by atoms with Crippen LogP contribution in [-0.2, 0) is 0 Å². The van der Waals surface area contributed by atoms with Gasteiger partial charge in [-0.2, -0.15) is 0 Å². The molecule has 6 nitrogen and oxygen atoms in total. The lowest BCUT2D eigenvalue weighted by molar-refractivity contribution is 1.35. The Labute approximate surface area is 823 Å². The molecule has 0 bridgehead atoms. The molecule has 0 amide bonds. The van der Waals surface area contributed by atoms with E-state index < -0.39 is 0 Å². The van der Waals surface area contributed by atoms with E-state index in [1.807, 2.05) is 0 Å². The molecule has 6 aromatic heterocycles. The normalized spacial score (nSPS) is 11.5. The van der Waals surface area contributed by atoms with Crippen LogP contribution in [0.2, 0.25) is 0 Å². The zero-order valence-corrected chi connectivity index (χ0v) is 78.9. The molecule has 0 aliphatic carbocycles. The van der Waals surface area contributed by atoms with Crippen molar-refractivity contribution in [3.63, 3.8) is 0 Å². The predicted octanol–water partition coefficient (Wildman–Crippen LogP) is 36.5. The van der Waals surface area contributed by atoms with Gasteiger partial charge < -0.3 is 0 Å². The van der Waals surface area contributed by atoms with Crippen LogP contribution in [0.3, 0.4) is 0 Å². The number of hydrogen-bond donors (Lipinski definition) is 0. The molecule has 6 heteroatoms. The fraction of sp³-hybridized carbons (Fsp3) is 0.0294. The maximum absolute atomic E-state index is 5.56. The number of hydrogen-bond acceptors (Lipinski definition) is 6. The number of benzene rings is 21. The smallest absolute Gasteiger partial charge is 0.0978 e. The number of fused-ring (bicyclic) bond motifs is 15. The van der Waals surface area contributed by atoms with E-state index in [9.17, 15) is 0 Å². The zero-order valence-electron chi connectivity index (χ0n) is 78.9. The Balaban J connectivity index is 0.000000112. The third kappa shape index (κ3) is 15.4. The van der Waals surface area contributed by atoms with Gasteiger partial charge in [-0.05, 0) is 218 Å². The van der Waals surface area contributed by atoms with Crippen molar-refractivity contribution in [2.24, 2.45) is 0 Å². The van der Waals surface area contributed by atoms with E-state index >= 15 is 0 Å². The molecule has 0 unspecified atom stereocenters. The van der Waals surface area contributed by atoms with E-state index in [0.29, 0.717) is 0 Å². The van der Waals surface area contributed by atoms with Gasteiger partial charge in [0.25, 0.3) is 0 Å². The molecule has 6 heterocycles. The minimum Gasteiger partial charge on any atom is -0.245 e. The molecule has 666 valence electrons. The van der Waals surface area contributed by atoms with Crippen molar-refractivity contribution in [3.05, 3.63) is 508 Å². The third-order valence-electron chi connectivity index (χ3n) is 28.5. The van der Waals surface area contributed by atoms with Gasteiger partial charge in [-0.1, -0.05) is 449 Å². The fourth-order valence-electron chi connectivity index (χ4n) is 21.7. The molecule has 0 fully saturated rings. The first-order chi connectivity index (χ1) is 70.1. The van der Waals surface area contributed by atoms with Crippen LogP contribution in [-0.4, -0.2) is 29.9 Å². The topological polar surface area (TPSA) is 77.3 Å². The summed E-state index contributed by atoms with van der Waals surface area (Å²) in [4.78, 5) is 33.2. The first kappa shape index (κ1) is 85.3. The second-order valence-electron chi connectivity index (χ2n) is 37.1. The summed E-state index contributed by atoms with van der Waals surface area (Å²) >= 11 is 0. The first-order valence-corrected chi connectivity index (χ1v) is 48.7.